The average molecular weight is 296 g/mol. The van der Waals surface area contributed by atoms with Gasteiger partial charge in [-0.15, -0.1) is 0 Å². The highest BCUT2D eigenvalue weighted by molar-refractivity contribution is 5.86. The molecule has 120 valence electrons. The first kappa shape index (κ1) is 17.9. The van der Waals surface area contributed by atoms with E-state index >= 15 is 0 Å². The van der Waals surface area contributed by atoms with Gasteiger partial charge in [-0.2, -0.15) is 0 Å². The number of Topliss-reactive ketones (excluding diaryl/α,β-unsaturated/α-hetero) is 2. The van der Waals surface area contributed by atoms with Crippen LogP contribution < -0.4 is 0 Å². The van der Waals surface area contributed by atoms with E-state index in [4.69, 9.17) is 4.74 Å². The van der Waals surface area contributed by atoms with Crippen molar-refractivity contribution in [3.63, 3.8) is 0 Å². The molecule has 0 aromatic carbocycles. The van der Waals surface area contributed by atoms with Crippen LogP contribution in [0.15, 0.2) is 0 Å². The summed E-state index contributed by atoms with van der Waals surface area (Å²) in [6.07, 6.45) is 6.58. The van der Waals surface area contributed by atoms with Crippen LogP contribution in [0, 0.1) is 11.8 Å². The van der Waals surface area contributed by atoms with Crippen LogP contribution in [-0.2, 0) is 19.1 Å². The van der Waals surface area contributed by atoms with E-state index in [2.05, 4.69) is 6.92 Å². The van der Waals surface area contributed by atoms with E-state index in [0.29, 0.717) is 25.2 Å². The van der Waals surface area contributed by atoms with E-state index in [-0.39, 0.29) is 36.4 Å². The van der Waals surface area contributed by atoms with Crippen molar-refractivity contribution in [2.45, 2.75) is 71.6 Å². The van der Waals surface area contributed by atoms with Gasteiger partial charge in [-0.05, 0) is 25.7 Å². The number of esters is 1. The Bertz CT molecular complexity index is 362. The van der Waals surface area contributed by atoms with Crippen molar-refractivity contribution in [1.29, 1.82) is 0 Å². The zero-order valence-corrected chi connectivity index (χ0v) is 13.4. The van der Waals surface area contributed by atoms with E-state index in [0.717, 1.165) is 32.1 Å². The number of hydrogen-bond donors (Lipinski definition) is 0. The van der Waals surface area contributed by atoms with Crippen molar-refractivity contribution in [3.05, 3.63) is 0 Å². The third-order valence-electron chi connectivity index (χ3n) is 4.27. The molecule has 0 aromatic heterocycles. The molecule has 0 radical (unpaired) electrons. The lowest BCUT2D eigenvalue weighted by Gasteiger charge is -2.17. The van der Waals surface area contributed by atoms with Crippen molar-refractivity contribution < 1.29 is 19.1 Å². The van der Waals surface area contributed by atoms with Crippen LogP contribution in [0.25, 0.3) is 0 Å². The highest BCUT2D eigenvalue weighted by Gasteiger charge is 2.34. The molecule has 21 heavy (non-hydrogen) atoms. The normalized spacial score (nSPS) is 21.5. The summed E-state index contributed by atoms with van der Waals surface area (Å²) >= 11 is 0. The molecule has 4 heteroatoms. The summed E-state index contributed by atoms with van der Waals surface area (Å²) in [7, 11) is 0. The predicted molar refractivity (Wildman–Crippen MR) is 80.9 cm³/mol. The molecule has 1 aliphatic carbocycles. The van der Waals surface area contributed by atoms with Crippen LogP contribution in [0.2, 0.25) is 0 Å². The maximum Gasteiger partial charge on any atom is 0.306 e. The van der Waals surface area contributed by atoms with Gasteiger partial charge in [0.05, 0.1) is 13.0 Å². The monoisotopic (exact) mass is 296 g/mol. The van der Waals surface area contributed by atoms with Gasteiger partial charge >= 0.3 is 5.97 Å². The standard InChI is InChI=1S/C17H28O4/c1-3-5-6-7-15-13(8-10-16(15)19)12-14(18)9-11-17(20)21-4-2/h13,15H,3-12H2,1-2H3. The van der Waals surface area contributed by atoms with Crippen molar-refractivity contribution in [1.82, 2.24) is 0 Å². The maximum atomic E-state index is 12.0. The zero-order chi connectivity index (χ0) is 15.7. The van der Waals surface area contributed by atoms with Gasteiger partial charge in [0.2, 0.25) is 0 Å². The first-order valence-corrected chi connectivity index (χ1v) is 8.28. The smallest absolute Gasteiger partial charge is 0.306 e. The first-order valence-electron chi connectivity index (χ1n) is 8.28. The second-order valence-corrected chi connectivity index (χ2v) is 5.92. The molecule has 0 saturated heterocycles. The number of carbonyl (C=O) groups is 3. The van der Waals surface area contributed by atoms with Crippen LogP contribution in [0.5, 0.6) is 0 Å². The molecular formula is C17H28O4. The first-order chi connectivity index (χ1) is 10.1. The molecule has 2 atom stereocenters. The Balaban J connectivity index is 2.35. The molecule has 0 heterocycles. The second kappa shape index (κ2) is 9.69. The highest BCUT2D eigenvalue weighted by atomic mass is 16.5. The predicted octanol–water partition coefficient (Wildman–Crippen LogP) is 3.46. The van der Waals surface area contributed by atoms with Crippen LogP contribution in [0.1, 0.15) is 71.6 Å². The Labute approximate surface area is 127 Å². The van der Waals surface area contributed by atoms with E-state index < -0.39 is 0 Å². The summed E-state index contributed by atoms with van der Waals surface area (Å²) in [5, 5.41) is 0. The summed E-state index contributed by atoms with van der Waals surface area (Å²) < 4.78 is 4.82. The van der Waals surface area contributed by atoms with Gasteiger partial charge in [0.15, 0.2) is 0 Å². The molecule has 1 saturated carbocycles. The molecule has 1 rings (SSSR count). The number of unbranched alkanes of at least 4 members (excludes halogenated alkanes) is 2. The zero-order valence-electron chi connectivity index (χ0n) is 13.4. The fourth-order valence-electron chi connectivity index (χ4n) is 3.10. The molecule has 1 fully saturated rings. The third-order valence-corrected chi connectivity index (χ3v) is 4.27. The molecule has 4 nitrogen and oxygen atoms in total. The number of ether oxygens (including phenoxy) is 1. The Morgan fingerprint density at radius 3 is 2.62 bits per heavy atom. The average Bonchev–Trinajstić information content (AvgIpc) is 2.78. The van der Waals surface area contributed by atoms with Gasteiger partial charge in [-0.1, -0.05) is 26.2 Å². The third kappa shape index (κ3) is 6.40. The van der Waals surface area contributed by atoms with E-state index in [1.165, 1.54) is 0 Å². The van der Waals surface area contributed by atoms with E-state index in [9.17, 15) is 14.4 Å². The Hall–Kier alpha value is -1.19. The van der Waals surface area contributed by atoms with Gasteiger partial charge in [-0.25, -0.2) is 0 Å². The Kier molecular flexibility index (Phi) is 8.24. The largest absolute Gasteiger partial charge is 0.466 e. The minimum atomic E-state index is -0.312. The molecule has 1 aliphatic rings. The van der Waals surface area contributed by atoms with Crippen molar-refractivity contribution >= 4 is 17.5 Å². The van der Waals surface area contributed by atoms with Crippen LogP contribution in [0.4, 0.5) is 0 Å². The molecule has 2 unspecified atom stereocenters. The lowest BCUT2D eigenvalue weighted by Crippen LogP contribution is -2.18. The number of hydrogen-bond acceptors (Lipinski definition) is 4. The van der Waals surface area contributed by atoms with Gasteiger partial charge in [-0.3, -0.25) is 14.4 Å². The fourth-order valence-corrected chi connectivity index (χ4v) is 3.10. The maximum absolute atomic E-state index is 12.0. The van der Waals surface area contributed by atoms with Gasteiger partial charge in [0, 0.05) is 25.2 Å². The Morgan fingerprint density at radius 1 is 1.19 bits per heavy atom. The molecule has 0 spiro atoms. The van der Waals surface area contributed by atoms with Crippen LogP contribution in [0.3, 0.4) is 0 Å². The number of ketones is 2. The molecule has 0 bridgehead atoms. The van der Waals surface area contributed by atoms with Gasteiger partial charge < -0.3 is 4.74 Å². The highest BCUT2D eigenvalue weighted by Crippen LogP contribution is 2.35. The van der Waals surface area contributed by atoms with Crippen LogP contribution in [-0.4, -0.2) is 24.1 Å². The summed E-state index contributed by atoms with van der Waals surface area (Å²) in [4.78, 5) is 35.1. The van der Waals surface area contributed by atoms with Crippen molar-refractivity contribution in [2.24, 2.45) is 11.8 Å². The SMILES string of the molecule is CCCCCC1C(=O)CCC1CC(=O)CCC(=O)OCC. The topological polar surface area (TPSA) is 60.4 Å². The fraction of sp³-hybridized carbons (Fsp3) is 0.824. The van der Waals surface area contributed by atoms with E-state index in [1.54, 1.807) is 6.92 Å². The summed E-state index contributed by atoms with van der Waals surface area (Å²) in [6.45, 7) is 4.25. The molecule has 0 aromatic rings. The summed E-state index contributed by atoms with van der Waals surface area (Å²) in [5.74, 6) is 0.373. The molecular weight excluding hydrogens is 268 g/mol. The van der Waals surface area contributed by atoms with E-state index in [1.807, 2.05) is 0 Å². The minimum Gasteiger partial charge on any atom is -0.466 e. The van der Waals surface area contributed by atoms with Gasteiger partial charge in [0.1, 0.15) is 11.6 Å². The number of rotatable bonds is 10. The van der Waals surface area contributed by atoms with Gasteiger partial charge in [0.25, 0.3) is 0 Å². The summed E-state index contributed by atoms with van der Waals surface area (Å²) in [5.41, 5.74) is 0. The molecule has 0 amide bonds. The lowest BCUT2D eigenvalue weighted by atomic mass is 9.86. The quantitative estimate of drug-likeness (QED) is 0.457. The second-order valence-electron chi connectivity index (χ2n) is 5.92. The van der Waals surface area contributed by atoms with Crippen molar-refractivity contribution in [2.75, 3.05) is 6.61 Å². The Morgan fingerprint density at radius 2 is 1.95 bits per heavy atom. The van der Waals surface area contributed by atoms with Crippen molar-refractivity contribution in [3.8, 4) is 0 Å². The van der Waals surface area contributed by atoms with Crippen LogP contribution >= 0.6 is 0 Å². The molecule has 0 aliphatic heterocycles. The number of carbonyl (C=O) groups excluding carboxylic acids is 3. The lowest BCUT2D eigenvalue weighted by molar-refractivity contribution is -0.144. The summed E-state index contributed by atoms with van der Waals surface area (Å²) in [6, 6.07) is 0. The minimum absolute atomic E-state index is 0.0723. The molecule has 0 N–H and O–H groups in total.